The largest absolute Gasteiger partial charge is 0.461 e. The minimum Gasteiger partial charge on any atom is -0.461 e. The van der Waals surface area contributed by atoms with Crippen molar-refractivity contribution in [3.8, 4) is 0 Å². The third-order valence-corrected chi connectivity index (χ3v) is 2.92. The standard InChI is InChI=1S/C15H16O5/c1-9(2)15(18)19-8-11-6-14(17)20-13-5-10(7-16)3-4-12(11)13/h3-6,9,16H,7-8H2,1-2H3. The summed E-state index contributed by atoms with van der Waals surface area (Å²) in [5.74, 6) is -0.541. The third-order valence-electron chi connectivity index (χ3n) is 2.92. The van der Waals surface area contributed by atoms with Crippen molar-refractivity contribution in [3.63, 3.8) is 0 Å². The predicted octanol–water partition coefficient (Wildman–Crippen LogP) is 1.98. The van der Waals surface area contributed by atoms with Gasteiger partial charge in [0.25, 0.3) is 0 Å². The highest BCUT2D eigenvalue weighted by Gasteiger charge is 2.11. The van der Waals surface area contributed by atoms with Crippen LogP contribution in [0, 0.1) is 5.92 Å². The number of ether oxygens (including phenoxy) is 1. The zero-order chi connectivity index (χ0) is 14.7. The Hall–Kier alpha value is -2.14. The molecule has 0 aliphatic rings. The van der Waals surface area contributed by atoms with E-state index in [-0.39, 0.29) is 25.1 Å². The number of fused-ring (bicyclic) bond motifs is 1. The summed E-state index contributed by atoms with van der Waals surface area (Å²) in [6.45, 7) is 3.38. The number of esters is 1. The summed E-state index contributed by atoms with van der Waals surface area (Å²) in [5, 5.41) is 9.78. The van der Waals surface area contributed by atoms with Crippen molar-refractivity contribution in [1.82, 2.24) is 0 Å². The highest BCUT2D eigenvalue weighted by molar-refractivity contribution is 5.81. The van der Waals surface area contributed by atoms with E-state index >= 15 is 0 Å². The molecule has 0 spiro atoms. The molecule has 0 bridgehead atoms. The molecule has 5 heteroatoms. The number of aliphatic hydroxyl groups excluding tert-OH is 1. The Bertz CT molecular complexity index is 684. The van der Waals surface area contributed by atoms with Crippen molar-refractivity contribution in [2.24, 2.45) is 5.92 Å². The van der Waals surface area contributed by atoms with E-state index in [0.29, 0.717) is 22.1 Å². The topological polar surface area (TPSA) is 76.7 Å². The van der Waals surface area contributed by atoms with Gasteiger partial charge in [0.1, 0.15) is 12.2 Å². The fourth-order valence-corrected chi connectivity index (χ4v) is 1.81. The molecule has 0 aliphatic heterocycles. The van der Waals surface area contributed by atoms with Crippen LogP contribution in [0.25, 0.3) is 11.0 Å². The molecule has 0 saturated heterocycles. The SMILES string of the molecule is CC(C)C(=O)OCc1cc(=O)oc2cc(CO)ccc12. The average molecular weight is 276 g/mol. The minimum atomic E-state index is -0.511. The molecule has 1 aromatic carbocycles. The van der Waals surface area contributed by atoms with E-state index in [1.807, 2.05) is 0 Å². The molecular formula is C15H16O5. The van der Waals surface area contributed by atoms with Crippen LogP contribution in [0.1, 0.15) is 25.0 Å². The zero-order valence-corrected chi connectivity index (χ0v) is 11.4. The van der Waals surface area contributed by atoms with E-state index in [4.69, 9.17) is 14.3 Å². The van der Waals surface area contributed by atoms with Gasteiger partial charge in [-0.2, -0.15) is 0 Å². The second-order valence-electron chi connectivity index (χ2n) is 4.84. The van der Waals surface area contributed by atoms with Crippen LogP contribution >= 0.6 is 0 Å². The van der Waals surface area contributed by atoms with Crippen molar-refractivity contribution in [2.45, 2.75) is 27.1 Å². The predicted molar refractivity (Wildman–Crippen MR) is 73.0 cm³/mol. The van der Waals surface area contributed by atoms with Crippen LogP contribution in [0.15, 0.2) is 33.5 Å². The zero-order valence-electron chi connectivity index (χ0n) is 11.4. The first-order valence-corrected chi connectivity index (χ1v) is 6.34. The number of aliphatic hydroxyl groups is 1. The molecule has 0 amide bonds. The van der Waals surface area contributed by atoms with Gasteiger partial charge in [-0.05, 0) is 11.6 Å². The van der Waals surface area contributed by atoms with E-state index in [1.54, 1.807) is 32.0 Å². The second kappa shape index (κ2) is 5.88. The number of benzene rings is 1. The molecule has 20 heavy (non-hydrogen) atoms. The molecule has 1 N–H and O–H groups in total. The van der Waals surface area contributed by atoms with Gasteiger partial charge < -0.3 is 14.3 Å². The fraction of sp³-hybridized carbons (Fsp3) is 0.333. The lowest BCUT2D eigenvalue weighted by atomic mass is 10.1. The van der Waals surface area contributed by atoms with Gasteiger partial charge in [0, 0.05) is 17.0 Å². The van der Waals surface area contributed by atoms with Gasteiger partial charge in [0.2, 0.25) is 0 Å². The molecule has 5 nitrogen and oxygen atoms in total. The van der Waals surface area contributed by atoms with Crippen LogP contribution in [0.4, 0.5) is 0 Å². The molecule has 0 fully saturated rings. The van der Waals surface area contributed by atoms with Crippen molar-refractivity contribution in [3.05, 3.63) is 45.8 Å². The molecule has 106 valence electrons. The smallest absolute Gasteiger partial charge is 0.336 e. The van der Waals surface area contributed by atoms with Crippen molar-refractivity contribution in [2.75, 3.05) is 0 Å². The highest BCUT2D eigenvalue weighted by atomic mass is 16.5. The fourth-order valence-electron chi connectivity index (χ4n) is 1.81. The third kappa shape index (κ3) is 3.05. The number of carbonyl (C=O) groups is 1. The van der Waals surface area contributed by atoms with Gasteiger partial charge in [-0.15, -0.1) is 0 Å². The van der Waals surface area contributed by atoms with Gasteiger partial charge in [-0.3, -0.25) is 4.79 Å². The molecule has 0 aliphatic carbocycles. The molecule has 0 radical (unpaired) electrons. The van der Waals surface area contributed by atoms with E-state index in [2.05, 4.69) is 0 Å². The lowest BCUT2D eigenvalue weighted by Gasteiger charge is -2.09. The maximum atomic E-state index is 11.5. The maximum Gasteiger partial charge on any atom is 0.336 e. The first kappa shape index (κ1) is 14.3. The van der Waals surface area contributed by atoms with Gasteiger partial charge in [-0.25, -0.2) is 4.79 Å². The molecule has 0 unspecified atom stereocenters. The Morgan fingerprint density at radius 3 is 2.75 bits per heavy atom. The van der Waals surface area contributed by atoms with E-state index < -0.39 is 5.63 Å². The Morgan fingerprint density at radius 1 is 1.35 bits per heavy atom. The Morgan fingerprint density at radius 2 is 2.10 bits per heavy atom. The first-order valence-electron chi connectivity index (χ1n) is 6.34. The van der Waals surface area contributed by atoms with Crippen LogP contribution in [0.5, 0.6) is 0 Å². The van der Waals surface area contributed by atoms with E-state index in [0.717, 1.165) is 0 Å². The van der Waals surface area contributed by atoms with E-state index in [9.17, 15) is 9.59 Å². The van der Waals surface area contributed by atoms with Crippen LogP contribution in [-0.2, 0) is 22.7 Å². The van der Waals surface area contributed by atoms with Gasteiger partial charge in [-0.1, -0.05) is 26.0 Å². The Labute approximate surface area is 115 Å². The molecule has 2 aromatic rings. The van der Waals surface area contributed by atoms with Gasteiger partial charge >= 0.3 is 11.6 Å². The molecule has 0 saturated carbocycles. The highest BCUT2D eigenvalue weighted by Crippen LogP contribution is 2.19. The van der Waals surface area contributed by atoms with Crippen molar-refractivity contribution < 1.29 is 19.1 Å². The summed E-state index contributed by atoms with van der Waals surface area (Å²) in [4.78, 5) is 23.0. The lowest BCUT2D eigenvalue weighted by molar-refractivity contribution is -0.148. The summed E-state index contributed by atoms with van der Waals surface area (Å²) in [7, 11) is 0. The summed E-state index contributed by atoms with van der Waals surface area (Å²) in [6.07, 6.45) is 0. The normalized spacial score (nSPS) is 11.0. The summed E-state index contributed by atoms with van der Waals surface area (Å²) >= 11 is 0. The number of hydrogen-bond donors (Lipinski definition) is 1. The summed E-state index contributed by atoms with van der Waals surface area (Å²) < 4.78 is 10.2. The van der Waals surface area contributed by atoms with Gasteiger partial charge in [0.15, 0.2) is 0 Å². The summed E-state index contributed by atoms with van der Waals surface area (Å²) in [5.41, 5.74) is 1.11. The molecular weight excluding hydrogens is 260 g/mol. The molecule has 1 heterocycles. The first-order chi connectivity index (χ1) is 9.51. The van der Waals surface area contributed by atoms with Crippen molar-refractivity contribution >= 4 is 16.9 Å². The van der Waals surface area contributed by atoms with Crippen LogP contribution < -0.4 is 5.63 Å². The number of rotatable bonds is 4. The maximum absolute atomic E-state index is 11.5. The Kier molecular flexibility index (Phi) is 4.20. The van der Waals surface area contributed by atoms with Crippen LogP contribution in [-0.4, -0.2) is 11.1 Å². The number of hydrogen-bond acceptors (Lipinski definition) is 5. The van der Waals surface area contributed by atoms with Gasteiger partial charge in [0.05, 0.1) is 12.5 Å². The minimum absolute atomic E-state index is 0.0254. The Balaban J connectivity index is 2.37. The second-order valence-corrected chi connectivity index (χ2v) is 4.84. The van der Waals surface area contributed by atoms with Crippen LogP contribution in [0.3, 0.4) is 0 Å². The molecule has 0 atom stereocenters. The summed E-state index contributed by atoms with van der Waals surface area (Å²) in [6, 6.07) is 6.39. The molecule has 1 aromatic heterocycles. The van der Waals surface area contributed by atoms with Crippen LogP contribution in [0.2, 0.25) is 0 Å². The number of carbonyl (C=O) groups excluding carboxylic acids is 1. The monoisotopic (exact) mass is 276 g/mol. The van der Waals surface area contributed by atoms with Crippen molar-refractivity contribution in [1.29, 1.82) is 0 Å². The molecule has 2 rings (SSSR count). The quantitative estimate of drug-likeness (QED) is 0.682. The van der Waals surface area contributed by atoms with E-state index in [1.165, 1.54) is 6.07 Å². The lowest BCUT2D eigenvalue weighted by Crippen LogP contribution is -2.12. The average Bonchev–Trinajstić information content (AvgIpc) is 2.43.